The summed E-state index contributed by atoms with van der Waals surface area (Å²) >= 11 is 0. The molecule has 2 aliphatic rings. The number of aryl methyl sites for hydroxylation is 1. The first-order chi connectivity index (χ1) is 13.6. The van der Waals surface area contributed by atoms with Gasteiger partial charge in [0, 0.05) is 37.6 Å². The van der Waals surface area contributed by atoms with E-state index in [1.807, 2.05) is 11.8 Å². The summed E-state index contributed by atoms with van der Waals surface area (Å²) in [5.74, 6) is -0.0312. The molecule has 0 bridgehead atoms. The highest BCUT2D eigenvalue weighted by Crippen LogP contribution is 2.20. The number of piperidine rings is 1. The summed E-state index contributed by atoms with van der Waals surface area (Å²) in [6.45, 7) is 3.08. The van der Waals surface area contributed by atoms with E-state index < -0.39 is 0 Å². The van der Waals surface area contributed by atoms with E-state index in [1.54, 1.807) is 23.0 Å². The first kappa shape index (κ1) is 18.7. The zero-order chi connectivity index (χ0) is 19.5. The van der Waals surface area contributed by atoms with Gasteiger partial charge in [-0.2, -0.15) is 5.10 Å². The molecule has 4 rings (SSSR count). The van der Waals surface area contributed by atoms with Crippen LogP contribution in [-0.4, -0.2) is 56.6 Å². The van der Waals surface area contributed by atoms with Crippen molar-refractivity contribution in [3.8, 4) is 0 Å². The minimum atomic E-state index is -0.0700. The second kappa shape index (κ2) is 8.16. The number of nitrogens with zero attached hydrogens (tertiary/aromatic N) is 4. The molecule has 2 N–H and O–H groups in total. The third-order valence-electron chi connectivity index (χ3n) is 5.84. The van der Waals surface area contributed by atoms with E-state index in [4.69, 9.17) is 0 Å². The zero-order valence-electron chi connectivity index (χ0n) is 16.4. The minimum Gasteiger partial charge on any atom is -0.338 e. The summed E-state index contributed by atoms with van der Waals surface area (Å²) < 4.78 is 1.65. The summed E-state index contributed by atoms with van der Waals surface area (Å²) in [5.41, 5.74) is 1.86. The van der Waals surface area contributed by atoms with Crippen LogP contribution < -0.4 is 10.6 Å². The highest BCUT2D eigenvalue weighted by Gasteiger charge is 2.28. The molecule has 1 aliphatic carbocycles. The van der Waals surface area contributed by atoms with E-state index in [0.29, 0.717) is 36.0 Å². The maximum atomic E-state index is 13.0. The molecule has 8 nitrogen and oxygen atoms in total. The molecule has 0 atom stereocenters. The second-order valence-electron chi connectivity index (χ2n) is 7.87. The molecule has 2 fully saturated rings. The summed E-state index contributed by atoms with van der Waals surface area (Å²) in [6.07, 6.45) is 10.8. The van der Waals surface area contributed by atoms with Crippen LogP contribution in [0.5, 0.6) is 0 Å². The van der Waals surface area contributed by atoms with Gasteiger partial charge in [0.15, 0.2) is 5.65 Å². The summed E-state index contributed by atoms with van der Waals surface area (Å²) in [7, 11) is 0. The first-order valence-corrected chi connectivity index (χ1v) is 10.3. The second-order valence-corrected chi connectivity index (χ2v) is 7.87. The molecule has 0 radical (unpaired) electrons. The van der Waals surface area contributed by atoms with Crippen molar-refractivity contribution >= 4 is 17.6 Å². The van der Waals surface area contributed by atoms with Crippen LogP contribution in [0.25, 0.3) is 5.65 Å². The molecule has 0 spiro atoms. The van der Waals surface area contributed by atoms with Gasteiger partial charge in [-0.05, 0) is 38.7 Å². The van der Waals surface area contributed by atoms with E-state index in [9.17, 15) is 9.59 Å². The van der Waals surface area contributed by atoms with Gasteiger partial charge in [-0.25, -0.2) is 14.3 Å². The van der Waals surface area contributed by atoms with Gasteiger partial charge >= 0.3 is 6.03 Å². The Hall–Kier alpha value is -2.64. The maximum Gasteiger partial charge on any atom is 0.315 e. The number of carbonyl (C=O) groups excluding carboxylic acids is 2. The lowest BCUT2D eigenvalue weighted by Gasteiger charge is -2.33. The third-order valence-corrected chi connectivity index (χ3v) is 5.84. The summed E-state index contributed by atoms with van der Waals surface area (Å²) in [4.78, 5) is 31.4. The molecule has 2 aromatic rings. The van der Waals surface area contributed by atoms with E-state index in [1.165, 1.54) is 19.3 Å². The molecule has 0 unspecified atom stereocenters. The average Bonchev–Trinajstić information content (AvgIpc) is 3.04. The minimum absolute atomic E-state index is 0.0312. The quantitative estimate of drug-likeness (QED) is 0.849. The third kappa shape index (κ3) is 3.95. The molecule has 2 aromatic heterocycles. The highest BCUT2D eigenvalue weighted by atomic mass is 16.2. The number of hydrogen-bond donors (Lipinski definition) is 2. The van der Waals surface area contributed by atoms with Crippen LogP contribution >= 0.6 is 0 Å². The predicted molar refractivity (Wildman–Crippen MR) is 105 cm³/mol. The van der Waals surface area contributed by atoms with Gasteiger partial charge in [0.2, 0.25) is 0 Å². The SMILES string of the molecule is Cc1nn2cccnc2c1C(=O)N1CCC(NC(=O)NC2CCCCC2)CC1. The fraction of sp³-hybridized carbons (Fsp3) is 0.600. The molecular weight excluding hydrogens is 356 g/mol. The van der Waals surface area contributed by atoms with Gasteiger partial charge in [-0.1, -0.05) is 19.3 Å². The fourth-order valence-electron chi connectivity index (χ4n) is 4.29. The van der Waals surface area contributed by atoms with Crippen LogP contribution in [-0.2, 0) is 0 Å². The Bertz CT molecular complexity index is 849. The van der Waals surface area contributed by atoms with Crippen molar-refractivity contribution in [2.45, 2.75) is 64.0 Å². The number of likely N-dealkylation sites (tertiary alicyclic amines) is 1. The first-order valence-electron chi connectivity index (χ1n) is 10.3. The van der Waals surface area contributed by atoms with Gasteiger partial charge in [0.1, 0.15) is 5.56 Å². The van der Waals surface area contributed by atoms with Crippen molar-refractivity contribution in [2.75, 3.05) is 13.1 Å². The molecule has 150 valence electrons. The number of carbonyl (C=O) groups is 2. The number of rotatable bonds is 3. The van der Waals surface area contributed by atoms with Crippen LogP contribution in [0.1, 0.15) is 61.0 Å². The maximum absolute atomic E-state index is 13.0. The van der Waals surface area contributed by atoms with E-state index in [2.05, 4.69) is 20.7 Å². The number of fused-ring (bicyclic) bond motifs is 1. The molecule has 1 saturated carbocycles. The van der Waals surface area contributed by atoms with Gasteiger partial charge in [0.05, 0.1) is 5.69 Å². The van der Waals surface area contributed by atoms with Crippen molar-refractivity contribution in [3.05, 3.63) is 29.7 Å². The molecule has 8 heteroatoms. The Morgan fingerprint density at radius 3 is 2.43 bits per heavy atom. The molecular formula is C20H28N6O2. The largest absolute Gasteiger partial charge is 0.338 e. The Morgan fingerprint density at radius 1 is 1.04 bits per heavy atom. The number of nitrogens with one attached hydrogen (secondary N) is 2. The average molecular weight is 384 g/mol. The standard InChI is InChI=1S/C20H28N6O2/c1-14-17(18-21-10-5-11-26(18)24-14)19(27)25-12-8-16(9-13-25)23-20(28)22-15-6-3-2-4-7-15/h5,10-11,15-16H,2-4,6-9,12-13H2,1H3,(H2,22,23,28). The zero-order valence-corrected chi connectivity index (χ0v) is 16.4. The van der Waals surface area contributed by atoms with Crippen LogP contribution in [0, 0.1) is 6.92 Å². The number of urea groups is 1. The number of amides is 3. The Morgan fingerprint density at radius 2 is 1.71 bits per heavy atom. The summed E-state index contributed by atoms with van der Waals surface area (Å²) in [5, 5.41) is 10.6. The van der Waals surface area contributed by atoms with E-state index in [0.717, 1.165) is 25.7 Å². The molecule has 3 heterocycles. The predicted octanol–water partition coefficient (Wildman–Crippen LogP) is 2.27. The van der Waals surface area contributed by atoms with Crippen molar-refractivity contribution in [1.82, 2.24) is 30.1 Å². The molecule has 3 amide bonds. The van der Waals surface area contributed by atoms with Crippen LogP contribution in [0.15, 0.2) is 18.5 Å². The smallest absolute Gasteiger partial charge is 0.315 e. The topological polar surface area (TPSA) is 91.6 Å². The lowest BCUT2D eigenvalue weighted by Crippen LogP contribution is -2.51. The van der Waals surface area contributed by atoms with Gasteiger partial charge in [-0.3, -0.25) is 4.79 Å². The van der Waals surface area contributed by atoms with Gasteiger partial charge < -0.3 is 15.5 Å². The Balaban J connectivity index is 1.31. The van der Waals surface area contributed by atoms with Gasteiger partial charge in [-0.15, -0.1) is 0 Å². The summed E-state index contributed by atoms with van der Waals surface area (Å²) in [6, 6.07) is 2.14. The lowest BCUT2D eigenvalue weighted by molar-refractivity contribution is 0.0709. The van der Waals surface area contributed by atoms with Crippen molar-refractivity contribution in [2.24, 2.45) is 0 Å². The molecule has 1 aliphatic heterocycles. The fourth-order valence-corrected chi connectivity index (χ4v) is 4.29. The van der Waals surface area contributed by atoms with Crippen molar-refractivity contribution in [1.29, 1.82) is 0 Å². The number of aromatic nitrogens is 3. The molecule has 28 heavy (non-hydrogen) atoms. The Kier molecular flexibility index (Phi) is 5.45. The van der Waals surface area contributed by atoms with E-state index in [-0.39, 0.29) is 18.0 Å². The van der Waals surface area contributed by atoms with Crippen molar-refractivity contribution in [3.63, 3.8) is 0 Å². The van der Waals surface area contributed by atoms with Crippen molar-refractivity contribution < 1.29 is 9.59 Å². The Labute approximate surface area is 164 Å². The van der Waals surface area contributed by atoms with Crippen LogP contribution in [0.2, 0.25) is 0 Å². The molecule has 1 saturated heterocycles. The lowest BCUT2D eigenvalue weighted by atomic mass is 9.96. The van der Waals surface area contributed by atoms with E-state index >= 15 is 0 Å². The molecule has 0 aromatic carbocycles. The van der Waals surface area contributed by atoms with Gasteiger partial charge in [0.25, 0.3) is 5.91 Å². The number of hydrogen-bond acceptors (Lipinski definition) is 4. The normalized spacial score (nSPS) is 19.0. The van der Waals surface area contributed by atoms with Crippen LogP contribution in [0.4, 0.5) is 4.79 Å². The highest BCUT2D eigenvalue weighted by molar-refractivity contribution is 6.01. The monoisotopic (exact) mass is 384 g/mol. The van der Waals surface area contributed by atoms with Crippen LogP contribution in [0.3, 0.4) is 0 Å².